The van der Waals surface area contributed by atoms with Crippen LogP contribution >= 0.6 is 88.6 Å². The first-order valence-corrected chi connectivity index (χ1v) is 16.1. The molecule has 0 saturated carbocycles. The van der Waals surface area contributed by atoms with Crippen molar-refractivity contribution >= 4 is 108 Å². The van der Waals surface area contributed by atoms with Crippen molar-refractivity contribution in [3.8, 4) is 0 Å². The summed E-state index contributed by atoms with van der Waals surface area (Å²) in [6.45, 7) is 0. The van der Waals surface area contributed by atoms with Crippen LogP contribution < -0.4 is 0 Å². The summed E-state index contributed by atoms with van der Waals surface area (Å²) in [6, 6.07) is 0. The van der Waals surface area contributed by atoms with Gasteiger partial charge in [-0.3, -0.25) is 0 Å². The van der Waals surface area contributed by atoms with Gasteiger partial charge in [0.2, 0.25) is 0 Å². The highest BCUT2D eigenvalue weighted by molar-refractivity contribution is 7.67. The molecule has 0 aliphatic rings. The van der Waals surface area contributed by atoms with Crippen LogP contribution in [0.2, 0.25) is 0 Å². The summed E-state index contributed by atoms with van der Waals surface area (Å²) in [7, 11) is -3.70. The molecule has 0 atom stereocenters. The highest BCUT2D eigenvalue weighted by atomic mass is 35.8. The van der Waals surface area contributed by atoms with Crippen molar-refractivity contribution in [3.05, 3.63) is 0 Å². The molecule has 80 valence electrons. The molecule has 0 unspecified atom stereocenters. The van der Waals surface area contributed by atoms with Crippen molar-refractivity contribution in [3.63, 3.8) is 0 Å². The highest BCUT2D eigenvalue weighted by Gasteiger charge is 2.50. The van der Waals surface area contributed by atoms with Crippen molar-refractivity contribution in [1.82, 2.24) is 0 Å². The van der Waals surface area contributed by atoms with Crippen LogP contribution in [-0.4, -0.2) is 19.7 Å². The maximum atomic E-state index is 5.53. The van der Waals surface area contributed by atoms with Gasteiger partial charge in [-0.25, -0.2) is 0 Å². The first kappa shape index (κ1) is 15.9. The first-order valence-electron chi connectivity index (χ1n) is 2.33. The molecule has 0 aromatic carbocycles. The number of hydrogen-bond donors (Lipinski definition) is 0. The molecule has 0 spiro atoms. The van der Waals surface area contributed by atoms with Crippen LogP contribution in [0.5, 0.6) is 0 Å². The number of rotatable bonds is 4. The lowest BCUT2D eigenvalue weighted by Crippen LogP contribution is -2.42. The Morgan fingerprint density at radius 2 is 0.769 bits per heavy atom. The molecule has 0 aliphatic heterocycles. The lowest BCUT2D eigenvalue weighted by Gasteiger charge is -2.23. The molecule has 2 nitrogen and oxygen atoms in total. The second-order valence-corrected chi connectivity index (χ2v) is 22.5. The molecule has 0 bridgehead atoms. The predicted octanol–water partition coefficient (Wildman–Crippen LogP) is 4.24. The lowest BCUT2D eigenvalue weighted by atomic mass is 15.8. The zero-order valence-corrected chi connectivity index (χ0v) is 14.4. The van der Waals surface area contributed by atoms with Gasteiger partial charge in [-0.1, -0.05) is 88.6 Å². The van der Waals surface area contributed by atoms with Crippen LogP contribution in [0.4, 0.5) is 0 Å². The molecular weight excluding hydrogens is 400 g/mol. The van der Waals surface area contributed by atoms with Crippen molar-refractivity contribution < 1.29 is 8.23 Å². The van der Waals surface area contributed by atoms with E-state index in [0.717, 1.165) is 0 Å². The Hall–Kier alpha value is 2.89. The second kappa shape index (κ2) is 5.48. The molecule has 0 amide bonds. The number of halogens is 8. The van der Waals surface area contributed by atoms with Gasteiger partial charge in [0.05, 0.1) is 0 Å². The van der Waals surface area contributed by atoms with E-state index < -0.39 is 19.7 Å². The Kier molecular flexibility index (Phi) is 6.70. The molecule has 0 fully saturated rings. The average molecular weight is 400 g/mol. The van der Waals surface area contributed by atoms with Gasteiger partial charge in [-0.2, -0.15) is 0 Å². The van der Waals surface area contributed by atoms with E-state index >= 15 is 0 Å². The third-order valence-corrected chi connectivity index (χ3v) is 11.2. The molecule has 0 aromatic heterocycles. The van der Waals surface area contributed by atoms with E-state index in [1.165, 1.54) is 0 Å². The molecule has 0 radical (unpaired) electrons. The Morgan fingerprint density at radius 1 is 0.538 bits per heavy atom. The summed E-state index contributed by atoms with van der Waals surface area (Å²) in [5, 5.41) is 0. The van der Waals surface area contributed by atoms with Crippen LogP contribution in [0.3, 0.4) is 0 Å². The quantitative estimate of drug-likeness (QED) is 0.520. The van der Waals surface area contributed by atoms with E-state index in [-0.39, 0.29) is 0 Å². The molecule has 13 heavy (non-hydrogen) atoms. The minimum atomic E-state index is -3.70. The molecule has 0 rings (SSSR count). The van der Waals surface area contributed by atoms with Gasteiger partial charge in [-0.05, 0) is 0 Å². The normalized spacial score (nSPS) is 14.8. The fourth-order valence-corrected chi connectivity index (χ4v) is 17.3. The molecule has 0 N–H and O–H groups in total. The zero-order valence-electron chi connectivity index (χ0n) is 5.34. The topological polar surface area (TPSA) is 18.5 Å². The minimum Gasteiger partial charge on any atom is -0.378 e. The van der Waals surface area contributed by atoms with Crippen LogP contribution in [0.1, 0.15) is 0 Å². The smallest absolute Gasteiger partial charge is 0.378 e. The maximum Gasteiger partial charge on any atom is 0.535 e. The molecule has 0 aliphatic carbocycles. The van der Waals surface area contributed by atoms with Gasteiger partial charge in [0.1, 0.15) is 0 Å². The summed E-state index contributed by atoms with van der Waals surface area (Å²) in [5.74, 6) is 0. The molecule has 0 saturated heterocycles. The van der Waals surface area contributed by atoms with Crippen LogP contribution in [0.15, 0.2) is 0 Å². The zero-order chi connectivity index (χ0) is 10.9. The van der Waals surface area contributed by atoms with E-state index in [9.17, 15) is 0 Å². The van der Waals surface area contributed by atoms with Crippen molar-refractivity contribution in [2.45, 2.75) is 0 Å². The highest BCUT2D eigenvalue weighted by Crippen LogP contribution is 2.35. The fourth-order valence-electron chi connectivity index (χ4n) is 0.290. The van der Waals surface area contributed by atoms with Gasteiger partial charge in [0.25, 0.3) is 0 Å². The Bertz CT molecular complexity index is 149. The molecule has 0 heterocycles. The predicted molar refractivity (Wildman–Crippen MR) is 66.3 cm³/mol. The summed E-state index contributed by atoms with van der Waals surface area (Å²) in [4.78, 5) is 0. The summed E-state index contributed by atoms with van der Waals surface area (Å²) in [6.07, 6.45) is -6.91. The van der Waals surface area contributed by atoms with Gasteiger partial charge in [-0.15, -0.1) is 0 Å². The summed E-state index contributed by atoms with van der Waals surface area (Å²) >= 11 is 43.3. The first-order chi connectivity index (χ1) is 5.41. The van der Waals surface area contributed by atoms with Gasteiger partial charge in [0, 0.05) is 0 Å². The van der Waals surface area contributed by atoms with Crippen molar-refractivity contribution in [2.24, 2.45) is 0 Å². The van der Waals surface area contributed by atoms with Gasteiger partial charge in [0.15, 0.2) is 0 Å². The van der Waals surface area contributed by atoms with E-state index in [1.807, 2.05) is 0 Å². The summed E-state index contributed by atoms with van der Waals surface area (Å²) in [5.41, 5.74) is 0. The van der Waals surface area contributed by atoms with Crippen LogP contribution in [0.25, 0.3) is 0 Å². The van der Waals surface area contributed by atoms with Crippen LogP contribution in [-0.2, 0) is 8.23 Å². The van der Waals surface area contributed by atoms with Crippen molar-refractivity contribution in [1.29, 1.82) is 0 Å². The molecule has 0 aromatic rings. The Morgan fingerprint density at radius 3 is 0.923 bits per heavy atom. The molecular formula is Cl8O2Si3. The van der Waals surface area contributed by atoms with Crippen LogP contribution in [0, 0.1) is 0 Å². The number of hydrogen-bond acceptors (Lipinski definition) is 2. The third kappa shape index (κ3) is 11.2. The maximum absolute atomic E-state index is 5.53. The minimum absolute atomic E-state index is 3.46. The largest absolute Gasteiger partial charge is 0.535 e. The van der Waals surface area contributed by atoms with E-state index in [4.69, 9.17) is 88.6 Å². The lowest BCUT2D eigenvalue weighted by molar-refractivity contribution is 0.468. The van der Waals surface area contributed by atoms with Gasteiger partial charge < -0.3 is 8.23 Å². The monoisotopic (exact) mass is 396 g/mol. The van der Waals surface area contributed by atoms with E-state index in [1.54, 1.807) is 0 Å². The Labute approximate surface area is 115 Å². The average Bonchev–Trinajstić information content (AvgIpc) is 1.43. The molecule has 13 heteroatoms. The fraction of sp³-hybridized carbons (Fsp3) is 0. The second-order valence-electron chi connectivity index (χ2n) is 1.56. The Balaban J connectivity index is 4.25. The third-order valence-electron chi connectivity index (χ3n) is 0.469. The van der Waals surface area contributed by atoms with Crippen molar-refractivity contribution in [2.75, 3.05) is 0 Å². The standard InChI is InChI=1S/Cl8O2Si3/c1-11(2,3)9-13(7,8)10-12(4,5)6. The van der Waals surface area contributed by atoms with E-state index in [2.05, 4.69) is 8.23 Å². The van der Waals surface area contributed by atoms with E-state index in [0.29, 0.717) is 0 Å². The van der Waals surface area contributed by atoms with Gasteiger partial charge >= 0.3 is 19.7 Å². The summed E-state index contributed by atoms with van der Waals surface area (Å²) < 4.78 is 9.33. The SMILES string of the molecule is Cl[Si](Cl)(Cl)O[Si](Cl)(Cl)O[Si](Cl)(Cl)Cl.